The zero-order valence-electron chi connectivity index (χ0n) is 13.7. The summed E-state index contributed by atoms with van der Waals surface area (Å²) in [6.45, 7) is 2.51. The van der Waals surface area contributed by atoms with Crippen molar-refractivity contribution in [3.63, 3.8) is 0 Å². The Labute approximate surface area is 131 Å². The molecular formula is C20H32O. The van der Waals surface area contributed by atoms with Crippen LogP contribution in [0.25, 0.3) is 5.57 Å². The highest BCUT2D eigenvalue weighted by Crippen LogP contribution is 2.22. The number of hydrogen-bond acceptors (Lipinski definition) is 1. The van der Waals surface area contributed by atoms with E-state index in [0.717, 1.165) is 12.8 Å². The predicted octanol–water partition coefficient (Wildman–Crippen LogP) is 5.98. The Balaban J connectivity index is 2.25. The van der Waals surface area contributed by atoms with Gasteiger partial charge in [-0.25, -0.2) is 0 Å². The van der Waals surface area contributed by atoms with E-state index in [1.807, 2.05) is 0 Å². The van der Waals surface area contributed by atoms with Gasteiger partial charge in [-0.2, -0.15) is 0 Å². The minimum absolute atomic E-state index is 0.244. The zero-order chi connectivity index (χ0) is 15.2. The molecule has 0 unspecified atom stereocenters. The number of benzene rings is 1. The summed E-state index contributed by atoms with van der Waals surface area (Å²) in [7, 11) is 0. The van der Waals surface area contributed by atoms with Gasteiger partial charge < -0.3 is 5.11 Å². The molecule has 0 saturated heterocycles. The Kier molecular flexibility index (Phi) is 10.8. The van der Waals surface area contributed by atoms with Gasteiger partial charge in [0.25, 0.3) is 0 Å². The molecule has 0 aliphatic heterocycles. The maximum atomic E-state index is 9.03. The third-order valence-corrected chi connectivity index (χ3v) is 3.96. The highest BCUT2D eigenvalue weighted by molar-refractivity contribution is 5.65. The van der Waals surface area contributed by atoms with Crippen molar-refractivity contribution in [3.05, 3.63) is 42.0 Å². The largest absolute Gasteiger partial charge is 0.396 e. The summed E-state index contributed by atoms with van der Waals surface area (Å²) in [6, 6.07) is 10.6. The molecule has 0 heterocycles. The van der Waals surface area contributed by atoms with Gasteiger partial charge in [-0.1, -0.05) is 88.3 Å². The molecule has 0 spiro atoms. The van der Waals surface area contributed by atoms with E-state index in [1.54, 1.807) is 0 Å². The Bertz CT molecular complexity index is 367. The Hall–Kier alpha value is -1.08. The molecule has 0 amide bonds. The molecule has 1 heteroatoms. The SMILES string of the molecule is CCCCCCCCCC/C(=C/CCO)c1ccccc1. The topological polar surface area (TPSA) is 20.2 Å². The molecule has 0 aromatic heterocycles. The molecule has 1 aromatic rings. The van der Waals surface area contributed by atoms with Crippen molar-refractivity contribution >= 4 is 5.57 Å². The van der Waals surface area contributed by atoms with Crippen molar-refractivity contribution in [2.24, 2.45) is 0 Å². The van der Waals surface area contributed by atoms with Gasteiger partial charge in [0.15, 0.2) is 0 Å². The van der Waals surface area contributed by atoms with Crippen LogP contribution in [-0.4, -0.2) is 11.7 Å². The van der Waals surface area contributed by atoms with Gasteiger partial charge in [0.05, 0.1) is 0 Å². The highest BCUT2D eigenvalue weighted by atomic mass is 16.2. The van der Waals surface area contributed by atoms with Gasteiger partial charge in [0, 0.05) is 6.61 Å². The fourth-order valence-electron chi connectivity index (χ4n) is 2.70. The minimum Gasteiger partial charge on any atom is -0.396 e. The molecular weight excluding hydrogens is 256 g/mol. The van der Waals surface area contributed by atoms with Crippen LogP contribution in [0.5, 0.6) is 0 Å². The molecule has 1 N–H and O–H groups in total. The number of hydrogen-bond donors (Lipinski definition) is 1. The van der Waals surface area contributed by atoms with E-state index in [9.17, 15) is 0 Å². The molecule has 0 fully saturated rings. The lowest BCUT2D eigenvalue weighted by Gasteiger charge is -2.08. The van der Waals surface area contributed by atoms with Gasteiger partial charge in [0.1, 0.15) is 0 Å². The first kappa shape index (κ1) is 18.0. The van der Waals surface area contributed by atoms with Crippen molar-refractivity contribution in [3.8, 4) is 0 Å². The van der Waals surface area contributed by atoms with Gasteiger partial charge >= 0.3 is 0 Å². The van der Waals surface area contributed by atoms with Crippen LogP contribution in [0.3, 0.4) is 0 Å². The van der Waals surface area contributed by atoms with Gasteiger partial charge in [-0.05, 0) is 30.4 Å². The fraction of sp³-hybridized carbons (Fsp3) is 0.600. The average molecular weight is 288 g/mol. The van der Waals surface area contributed by atoms with Crippen LogP contribution in [0, 0.1) is 0 Å². The molecule has 0 bridgehead atoms. The smallest absolute Gasteiger partial charge is 0.0465 e. The van der Waals surface area contributed by atoms with E-state index < -0.39 is 0 Å². The lowest BCUT2D eigenvalue weighted by Crippen LogP contribution is -1.88. The zero-order valence-corrected chi connectivity index (χ0v) is 13.7. The summed E-state index contributed by atoms with van der Waals surface area (Å²) in [6.07, 6.45) is 15.0. The van der Waals surface area contributed by atoms with Crippen LogP contribution in [0.2, 0.25) is 0 Å². The number of aliphatic hydroxyl groups is 1. The number of rotatable bonds is 12. The van der Waals surface area contributed by atoms with E-state index in [4.69, 9.17) is 5.11 Å². The lowest BCUT2D eigenvalue weighted by molar-refractivity contribution is 0.302. The molecule has 0 radical (unpaired) electrons. The molecule has 1 rings (SSSR count). The first-order valence-corrected chi connectivity index (χ1v) is 8.73. The van der Waals surface area contributed by atoms with E-state index in [-0.39, 0.29) is 6.61 Å². The fourth-order valence-corrected chi connectivity index (χ4v) is 2.70. The predicted molar refractivity (Wildman–Crippen MR) is 93.3 cm³/mol. The minimum atomic E-state index is 0.244. The number of unbranched alkanes of at least 4 members (excludes halogenated alkanes) is 7. The number of allylic oxidation sites excluding steroid dienone is 1. The van der Waals surface area contributed by atoms with Crippen LogP contribution in [-0.2, 0) is 0 Å². The van der Waals surface area contributed by atoms with Crippen LogP contribution >= 0.6 is 0 Å². The van der Waals surface area contributed by atoms with E-state index in [1.165, 1.54) is 62.5 Å². The summed E-state index contributed by atoms with van der Waals surface area (Å²) in [4.78, 5) is 0. The normalized spacial score (nSPS) is 11.8. The molecule has 1 aromatic carbocycles. The Morgan fingerprint density at radius 2 is 1.52 bits per heavy atom. The molecule has 0 atom stereocenters. The first-order chi connectivity index (χ1) is 10.4. The molecule has 0 saturated carbocycles. The monoisotopic (exact) mass is 288 g/mol. The second kappa shape index (κ2) is 12.6. The van der Waals surface area contributed by atoms with Crippen molar-refractivity contribution in [1.82, 2.24) is 0 Å². The summed E-state index contributed by atoms with van der Waals surface area (Å²) in [5.41, 5.74) is 2.71. The summed E-state index contributed by atoms with van der Waals surface area (Å²) in [5.74, 6) is 0. The molecule has 1 nitrogen and oxygen atoms in total. The maximum absolute atomic E-state index is 9.03. The Morgan fingerprint density at radius 1 is 0.905 bits per heavy atom. The Morgan fingerprint density at radius 3 is 2.14 bits per heavy atom. The van der Waals surface area contributed by atoms with Gasteiger partial charge in [-0.3, -0.25) is 0 Å². The first-order valence-electron chi connectivity index (χ1n) is 8.73. The summed E-state index contributed by atoms with van der Waals surface area (Å²) >= 11 is 0. The highest BCUT2D eigenvalue weighted by Gasteiger charge is 2.01. The quantitative estimate of drug-likeness (QED) is 0.469. The number of aliphatic hydroxyl groups excluding tert-OH is 1. The van der Waals surface area contributed by atoms with Crippen LogP contribution in [0.15, 0.2) is 36.4 Å². The van der Waals surface area contributed by atoms with E-state index >= 15 is 0 Å². The van der Waals surface area contributed by atoms with E-state index in [0.29, 0.717) is 0 Å². The summed E-state index contributed by atoms with van der Waals surface area (Å²) < 4.78 is 0. The average Bonchev–Trinajstić information content (AvgIpc) is 2.53. The van der Waals surface area contributed by atoms with Crippen molar-refractivity contribution in [1.29, 1.82) is 0 Å². The third kappa shape index (κ3) is 8.72. The third-order valence-electron chi connectivity index (χ3n) is 3.96. The molecule has 21 heavy (non-hydrogen) atoms. The lowest BCUT2D eigenvalue weighted by atomic mass is 9.98. The molecule has 0 aliphatic carbocycles. The summed E-state index contributed by atoms with van der Waals surface area (Å²) in [5, 5.41) is 9.03. The second-order valence-corrected chi connectivity index (χ2v) is 5.83. The standard InChI is InChI=1S/C20H32O/c1-2-3-4-5-6-7-8-10-14-20(17-13-18-21)19-15-11-9-12-16-19/h9,11-12,15-17,21H,2-8,10,13-14,18H2,1H3/b20-17-. The van der Waals surface area contributed by atoms with Crippen LogP contribution in [0.4, 0.5) is 0 Å². The molecule has 0 aliphatic rings. The van der Waals surface area contributed by atoms with Crippen LogP contribution in [0.1, 0.15) is 76.7 Å². The molecule has 118 valence electrons. The van der Waals surface area contributed by atoms with Crippen molar-refractivity contribution in [2.45, 2.75) is 71.1 Å². The van der Waals surface area contributed by atoms with Crippen LogP contribution < -0.4 is 0 Å². The van der Waals surface area contributed by atoms with Gasteiger partial charge in [-0.15, -0.1) is 0 Å². The van der Waals surface area contributed by atoms with Crippen molar-refractivity contribution < 1.29 is 5.11 Å². The second-order valence-electron chi connectivity index (χ2n) is 5.83. The van der Waals surface area contributed by atoms with E-state index in [2.05, 4.69) is 43.3 Å². The van der Waals surface area contributed by atoms with Crippen molar-refractivity contribution in [2.75, 3.05) is 6.61 Å². The maximum Gasteiger partial charge on any atom is 0.0465 e. The van der Waals surface area contributed by atoms with Gasteiger partial charge in [0.2, 0.25) is 0 Å².